The van der Waals surface area contributed by atoms with E-state index in [0.29, 0.717) is 0 Å². The summed E-state index contributed by atoms with van der Waals surface area (Å²) in [5.74, 6) is 0.781. The van der Waals surface area contributed by atoms with Crippen LogP contribution in [0.15, 0.2) is 35.0 Å². The molecule has 6 nitrogen and oxygen atoms in total. The van der Waals surface area contributed by atoms with Crippen LogP contribution in [0.25, 0.3) is 22.1 Å². The molecule has 1 aliphatic rings. The number of nitrogens with one attached hydrogen (secondary N) is 2. The number of furan rings is 1. The Labute approximate surface area is 134 Å². The molecule has 0 atom stereocenters. The lowest BCUT2D eigenvalue weighted by Crippen LogP contribution is -3.14. The Hall–Kier alpha value is -2.18. The van der Waals surface area contributed by atoms with Crippen molar-refractivity contribution in [1.29, 1.82) is 0 Å². The highest BCUT2D eigenvalue weighted by Gasteiger charge is 2.14. The summed E-state index contributed by atoms with van der Waals surface area (Å²) >= 11 is 0. The van der Waals surface area contributed by atoms with E-state index in [4.69, 9.17) is 9.15 Å². The first-order valence-electron chi connectivity index (χ1n) is 8.19. The lowest BCUT2D eigenvalue weighted by molar-refractivity contribution is -0.908. The van der Waals surface area contributed by atoms with E-state index >= 15 is 0 Å². The molecule has 0 spiro atoms. The van der Waals surface area contributed by atoms with Crippen LogP contribution in [0, 0.1) is 0 Å². The second kappa shape index (κ2) is 6.52. The first kappa shape index (κ1) is 14.4. The van der Waals surface area contributed by atoms with E-state index in [2.05, 4.69) is 15.3 Å². The van der Waals surface area contributed by atoms with Crippen molar-refractivity contribution in [2.75, 3.05) is 44.7 Å². The Kier molecular flexibility index (Phi) is 4.08. The number of para-hydroxylation sites is 1. The molecule has 6 heteroatoms. The molecule has 1 aromatic carbocycles. The molecule has 0 saturated carbocycles. The third-order valence-electron chi connectivity index (χ3n) is 4.36. The van der Waals surface area contributed by atoms with Gasteiger partial charge < -0.3 is 19.4 Å². The standard InChI is InChI=1S/C17H20N4O2/c1-2-5-14-13(4-1)15-16(23-14)17(20-12-19-15)18-6-3-7-21-8-10-22-11-9-21/h1-2,4-5,12H,3,6-11H2,(H,18,19,20)/p+1. The third kappa shape index (κ3) is 3.00. The molecule has 2 N–H and O–H groups in total. The molecule has 1 aliphatic heterocycles. The van der Waals surface area contributed by atoms with Crippen LogP contribution in [0.4, 0.5) is 5.82 Å². The number of aromatic nitrogens is 2. The van der Waals surface area contributed by atoms with Gasteiger partial charge in [0.15, 0.2) is 11.4 Å². The maximum Gasteiger partial charge on any atom is 0.196 e. The van der Waals surface area contributed by atoms with Crippen molar-refractivity contribution in [3.63, 3.8) is 0 Å². The van der Waals surface area contributed by atoms with Crippen molar-refractivity contribution in [3.05, 3.63) is 30.6 Å². The molecule has 0 radical (unpaired) electrons. The van der Waals surface area contributed by atoms with Gasteiger partial charge >= 0.3 is 0 Å². The fraction of sp³-hybridized carbons (Fsp3) is 0.412. The number of ether oxygens (including phenoxy) is 1. The Bertz CT molecular complexity index is 795. The van der Waals surface area contributed by atoms with E-state index in [9.17, 15) is 0 Å². The van der Waals surface area contributed by atoms with E-state index in [1.807, 2.05) is 24.3 Å². The van der Waals surface area contributed by atoms with Crippen LogP contribution < -0.4 is 10.2 Å². The number of hydrogen-bond acceptors (Lipinski definition) is 5. The number of fused-ring (bicyclic) bond motifs is 3. The largest absolute Gasteiger partial charge is 0.450 e. The topological polar surface area (TPSA) is 64.6 Å². The van der Waals surface area contributed by atoms with Crippen molar-refractivity contribution in [3.8, 4) is 0 Å². The summed E-state index contributed by atoms with van der Waals surface area (Å²) in [6.07, 6.45) is 2.70. The second-order valence-electron chi connectivity index (χ2n) is 5.89. The van der Waals surface area contributed by atoms with E-state index < -0.39 is 0 Å². The summed E-state index contributed by atoms with van der Waals surface area (Å²) in [4.78, 5) is 10.3. The fourth-order valence-electron chi connectivity index (χ4n) is 3.10. The first-order valence-corrected chi connectivity index (χ1v) is 8.19. The number of hydrogen-bond donors (Lipinski definition) is 2. The number of nitrogens with zero attached hydrogens (tertiary/aromatic N) is 2. The van der Waals surface area contributed by atoms with Gasteiger partial charge in [-0.1, -0.05) is 12.1 Å². The van der Waals surface area contributed by atoms with Gasteiger partial charge in [-0.05, 0) is 12.1 Å². The SMILES string of the molecule is c1ccc2c(c1)oc1c(NCCC[NH+]3CCOCC3)ncnc12. The molecular formula is C17H21N4O2+. The van der Waals surface area contributed by atoms with Crippen LogP contribution in [0.1, 0.15) is 6.42 Å². The molecule has 0 aliphatic carbocycles. The van der Waals surface area contributed by atoms with Gasteiger partial charge in [0, 0.05) is 18.4 Å². The molecule has 2 aromatic heterocycles. The average Bonchev–Trinajstić information content (AvgIpc) is 2.99. The average molecular weight is 313 g/mol. The third-order valence-corrected chi connectivity index (χ3v) is 4.36. The number of benzene rings is 1. The zero-order chi connectivity index (χ0) is 15.5. The zero-order valence-electron chi connectivity index (χ0n) is 13.0. The normalized spacial score (nSPS) is 16.2. The molecule has 1 fully saturated rings. The van der Waals surface area contributed by atoms with Crippen molar-refractivity contribution >= 4 is 27.9 Å². The van der Waals surface area contributed by atoms with Crippen LogP contribution in [0.3, 0.4) is 0 Å². The van der Waals surface area contributed by atoms with Crippen molar-refractivity contribution < 1.29 is 14.1 Å². The Morgan fingerprint density at radius 2 is 2.00 bits per heavy atom. The lowest BCUT2D eigenvalue weighted by Gasteiger charge is -2.23. The quantitative estimate of drug-likeness (QED) is 0.691. The maximum absolute atomic E-state index is 5.92. The molecule has 3 heterocycles. The number of quaternary nitrogens is 1. The predicted octanol–water partition coefficient (Wildman–Crippen LogP) is 1.09. The zero-order valence-corrected chi connectivity index (χ0v) is 13.0. The van der Waals surface area contributed by atoms with Gasteiger partial charge in [0.1, 0.15) is 30.5 Å². The lowest BCUT2D eigenvalue weighted by atomic mass is 10.2. The minimum atomic E-state index is 0.743. The molecule has 0 amide bonds. The highest BCUT2D eigenvalue weighted by Crippen LogP contribution is 2.30. The molecule has 4 rings (SSSR count). The molecular weight excluding hydrogens is 292 g/mol. The summed E-state index contributed by atoms with van der Waals surface area (Å²) in [5, 5.41) is 4.43. The van der Waals surface area contributed by atoms with Crippen LogP contribution in [0.2, 0.25) is 0 Å². The predicted molar refractivity (Wildman–Crippen MR) is 88.8 cm³/mol. The number of anilines is 1. The maximum atomic E-state index is 5.92. The molecule has 23 heavy (non-hydrogen) atoms. The minimum absolute atomic E-state index is 0.743. The van der Waals surface area contributed by atoms with Gasteiger partial charge in [0.25, 0.3) is 0 Å². The fourth-order valence-corrected chi connectivity index (χ4v) is 3.10. The Morgan fingerprint density at radius 1 is 1.13 bits per heavy atom. The first-order chi connectivity index (χ1) is 11.4. The number of rotatable bonds is 5. The summed E-state index contributed by atoms with van der Waals surface area (Å²) in [5.41, 5.74) is 2.47. The molecule has 0 unspecified atom stereocenters. The van der Waals surface area contributed by atoms with Crippen molar-refractivity contribution in [2.24, 2.45) is 0 Å². The molecule has 0 bridgehead atoms. The Balaban J connectivity index is 1.44. The van der Waals surface area contributed by atoms with E-state index in [0.717, 1.165) is 73.7 Å². The summed E-state index contributed by atoms with van der Waals surface area (Å²) in [6.45, 7) is 6.03. The second-order valence-corrected chi connectivity index (χ2v) is 5.89. The van der Waals surface area contributed by atoms with Crippen molar-refractivity contribution in [2.45, 2.75) is 6.42 Å². The monoisotopic (exact) mass is 313 g/mol. The number of morpholine rings is 1. The molecule has 1 saturated heterocycles. The van der Waals surface area contributed by atoms with Crippen LogP contribution in [-0.4, -0.2) is 49.4 Å². The smallest absolute Gasteiger partial charge is 0.196 e. The van der Waals surface area contributed by atoms with Gasteiger partial charge in [0.2, 0.25) is 0 Å². The Morgan fingerprint density at radius 3 is 2.91 bits per heavy atom. The summed E-state index contributed by atoms with van der Waals surface area (Å²) < 4.78 is 11.3. The van der Waals surface area contributed by atoms with E-state index in [1.165, 1.54) is 0 Å². The van der Waals surface area contributed by atoms with Gasteiger partial charge in [-0.25, -0.2) is 9.97 Å². The highest BCUT2D eigenvalue weighted by atomic mass is 16.5. The van der Waals surface area contributed by atoms with Crippen LogP contribution >= 0.6 is 0 Å². The van der Waals surface area contributed by atoms with E-state index in [-0.39, 0.29) is 0 Å². The van der Waals surface area contributed by atoms with Gasteiger partial charge in [-0.2, -0.15) is 0 Å². The van der Waals surface area contributed by atoms with Gasteiger partial charge in [-0.15, -0.1) is 0 Å². The highest BCUT2D eigenvalue weighted by molar-refractivity contribution is 6.05. The van der Waals surface area contributed by atoms with E-state index in [1.54, 1.807) is 11.2 Å². The van der Waals surface area contributed by atoms with Crippen LogP contribution in [0.5, 0.6) is 0 Å². The molecule has 120 valence electrons. The van der Waals surface area contributed by atoms with Gasteiger partial charge in [0.05, 0.1) is 19.8 Å². The molecule has 3 aromatic rings. The van der Waals surface area contributed by atoms with Crippen LogP contribution in [-0.2, 0) is 4.74 Å². The minimum Gasteiger partial charge on any atom is -0.450 e. The summed E-state index contributed by atoms with van der Waals surface area (Å²) in [7, 11) is 0. The van der Waals surface area contributed by atoms with Crippen molar-refractivity contribution in [1.82, 2.24) is 9.97 Å². The summed E-state index contributed by atoms with van der Waals surface area (Å²) in [6, 6.07) is 7.95. The van der Waals surface area contributed by atoms with Gasteiger partial charge in [-0.3, -0.25) is 0 Å².